The van der Waals surface area contributed by atoms with Crippen LogP contribution in [0.4, 0.5) is 5.82 Å². The summed E-state index contributed by atoms with van der Waals surface area (Å²) < 4.78 is 17.8. The van der Waals surface area contributed by atoms with E-state index in [9.17, 15) is 15.3 Å². The highest BCUT2D eigenvalue weighted by molar-refractivity contribution is 6.28. The fourth-order valence-electron chi connectivity index (χ4n) is 3.58. The molecule has 0 radical (unpaired) electrons. The molecule has 0 aliphatic carbocycles. The monoisotopic (exact) mass is 451 g/mol. The summed E-state index contributed by atoms with van der Waals surface area (Å²) in [6.45, 7) is -0.101. The predicted molar refractivity (Wildman–Crippen MR) is 110 cm³/mol. The van der Waals surface area contributed by atoms with E-state index >= 15 is 0 Å². The van der Waals surface area contributed by atoms with Crippen LogP contribution in [0.5, 0.6) is 11.5 Å². The molecule has 1 unspecified atom stereocenters. The van der Waals surface area contributed by atoms with Gasteiger partial charge in [0.05, 0.1) is 27.2 Å². The van der Waals surface area contributed by atoms with Gasteiger partial charge in [-0.1, -0.05) is 12.1 Å². The summed E-state index contributed by atoms with van der Waals surface area (Å²) in [7, 11) is 3.12. The zero-order valence-electron chi connectivity index (χ0n) is 16.8. The van der Waals surface area contributed by atoms with Crippen LogP contribution < -0.4 is 14.8 Å². The third kappa shape index (κ3) is 3.86. The summed E-state index contributed by atoms with van der Waals surface area (Å²) >= 11 is 6.13. The molecule has 0 bridgehead atoms. The zero-order valence-corrected chi connectivity index (χ0v) is 17.5. The van der Waals surface area contributed by atoms with E-state index in [1.165, 1.54) is 10.9 Å². The largest absolute Gasteiger partial charge is 0.493 e. The smallest absolute Gasteiger partial charge is 0.226 e. The Kier molecular flexibility index (Phi) is 6.12. The van der Waals surface area contributed by atoms with Crippen LogP contribution in [0.1, 0.15) is 11.8 Å². The molecule has 2 aromatic heterocycles. The predicted octanol–water partition coefficient (Wildman–Crippen LogP) is 0.720. The highest BCUT2D eigenvalue weighted by atomic mass is 35.5. The van der Waals surface area contributed by atoms with E-state index in [0.717, 1.165) is 5.56 Å². The molecule has 0 amide bonds. The number of rotatable bonds is 7. The summed E-state index contributed by atoms with van der Waals surface area (Å²) in [5.74, 6) is 1.55. The molecule has 4 rings (SSSR count). The molecule has 0 saturated carbocycles. The normalized spacial score (nSPS) is 23.3. The van der Waals surface area contributed by atoms with Crippen LogP contribution in [0.25, 0.3) is 11.2 Å². The number of halogens is 1. The summed E-state index contributed by atoms with van der Waals surface area (Å²) in [5.41, 5.74) is 1.52. The van der Waals surface area contributed by atoms with Crippen LogP contribution in [-0.2, 0) is 11.3 Å². The number of para-hydroxylation sites is 1. The van der Waals surface area contributed by atoms with Crippen LogP contribution in [0.3, 0.4) is 0 Å². The van der Waals surface area contributed by atoms with Crippen molar-refractivity contribution in [3.8, 4) is 11.5 Å². The topological polar surface area (TPSA) is 144 Å². The minimum atomic E-state index is -1.28. The molecule has 1 aliphatic heterocycles. The minimum Gasteiger partial charge on any atom is -0.493 e. The van der Waals surface area contributed by atoms with Crippen molar-refractivity contribution in [2.24, 2.45) is 0 Å². The van der Waals surface area contributed by atoms with E-state index in [2.05, 4.69) is 20.3 Å². The van der Waals surface area contributed by atoms with Gasteiger partial charge in [-0.05, 0) is 17.7 Å². The van der Waals surface area contributed by atoms with Crippen LogP contribution in [0.2, 0.25) is 5.28 Å². The van der Waals surface area contributed by atoms with Crippen molar-refractivity contribution in [3.05, 3.63) is 35.4 Å². The number of ether oxygens (including phenoxy) is 3. The number of hydrogen-bond donors (Lipinski definition) is 4. The first-order chi connectivity index (χ1) is 15.0. The Hall–Kier alpha value is -2.70. The number of hydrogen-bond acceptors (Lipinski definition) is 10. The van der Waals surface area contributed by atoms with Gasteiger partial charge in [0.25, 0.3) is 0 Å². The van der Waals surface area contributed by atoms with E-state index in [-0.39, 0.29) is 5.28 Å². The lowest BCUT2D eigenvalue weighted by Gasteiger charge is -2.17. The Morgan fingerprint density at radius 2 is 2.00 bits per heavy atom. The number of imidazole rings is 1. The van der Waals surface area contributed by atoms with Crippen LogP contribution >= 0.6 is 11.6 Å². The molecule has 12 heteroatoms. The number of anilines is 1. The lowest BCUT2D eigenvalue weighted by atomic mass is 10.1. The van der Waals surface area contributed by atoms with Gasteiger partial charge in [0.1, 0.15) is 18.3 Å². The first-order valence-electron chi connectivity index (χ1n) is 9.44. The van der Waals surface area contributed by atoms with Crippen molar-refractivity contribution in [2.75, 3.05) is 26.1 Å². The Morgan fingerprint density at radius 3 is 2.68 bits per heavy atom. The summed E-state index contributed by atoms with van der Waals surface area (Å²) in [6.07, 6.45) is -3.03. The van der Waals surface area contributed by atoms with Crippen molar-refractivity contribution < 1.29 is 29.5 Å². The van der Waals surface area contributed by atoms with Gasteiger partial charge < -0.3 is 34.8 Å². The van der Waals surface area contributed by atoms with Gasteiger partial charge in [-0.3, -0.25) is 4.57 Å². The Labute approximate surface area is 182 Å². The third-order valence-corrected chi connectivity index (χ3v) is 5.29. The van der Waals surface area contributed by atoms with Gasteiger partial charge in [0.15, 0.2) is 34.7 Å². The van der Waals surface area contributed by atoms with Gasteiger partial charge in [-0.15, -0.1) is 0 Å². The number of nitrogens with one attached hydrogen (secondary N) is 1. The fraction of sp³-hybridized carbons (Fsp3) is 0.421. The van der Waals surface area contributed by atoms with Gasteiger partial charge in [-0.2, -0.15) is 9.97 Å². The maximum Gasteiger partial charge on any atom is 0.226 e. The molecule has 3 heterocycles. The van der Waals surface area contributed by atoms with E-state index in [1.807, 2.05) is 12.1 Å². The van der Waals surface area contributed by atoms with Crippen molar-refractivity contribution in [2.45, 2.75) is 31.1 Å². The SMILES string of the molecule is COc1cccc(CNc2nc(Cl)nc3c2ncn3C2O[C@H](CO)[C@@H](O)[C@H]2O)c1OC. The molecule has 11 nitrogen and oxygen atoms in total. The molecule has 4 N–H and O–H groups in total. The molecule has 3 aromatic rings. The highest BCUT2D eigenvalue weighted by Gasteiger charge is 2.44. The highest BCUT2D eigenvalue weighted by Crippen LogP contribution is 2.34. The first kappa shape index (κ1) is 21.5. The number of nitrogens with zero attached hydrogens (tertiary/aromatic N) is 4. The Bertz CT molecular complexity index is 1080. The van der Waals surface area contributed by atoms with Crippen LogP contribution in [0.15, 0.2) is 24.5 Å². The van der Waals surface area contributed by atoms with Gasteiger partial charge >= 0.3 is 0 Å². The maximum atomic E-state index is 10.3. The molecular weight excluding hydrogens is 430 g/mol. The van der Waals surface area contributed by atoms with Gasteiger partial charge in [0, 0.05) is 12.1 Å². The van der Waals surface area contributed by atoms with E-state index < -0.39 is 31.1 Å². The Balaban J connectivity index is 1.65. The standard InChI is InChI=1S/C19H22ClN5O6/c1-29-10-5-3-4-9(15(10)30-2)6-21-16-12-17(24-19(20)23-16)25(8-22-12)18-14(28)13(27)11(7-26)31-18/h3-5,8,11,13-14,18,26-28H,6-7H2,1-2H3,(H,21,23,24)/t11-,13-,14-,18?/m1/s1. The summed E-state index contributed by atoms with van der Waals surface area (Å²) in [5, 5.41) is 32.9. The fourth-order valence-corrected chi connectivity index (χ4v) is 3.75. The average molecular weight is 452 g/mol. The second-order valence-corrected chi connectivity index (χ2v) is 7.24. The van der Waals surface area contributed by atoms with Crippen molar-refractivity contribution >= 4 is 28.6 Å². The average Bonchev–Trinajstić information content (AvgIpc) is 3.32. The molecule has 1 fully saturated rings. The number of aromatic nitrogens is 4. The first-order valence-corrected chi connectivity index (χ1v) is 9.82. The molecular formula is C19H22ClN5O6. The quantitative estimate of drug-likeness (QED) is 0.379. The molecule has 4 atom stereocenters. The number of aliphatic hydroxyl groups is 3. The summed E-state index contributed by atoms with van der Waals surface area (Å²) in [4.78, 5) is 12.8. The van der Waals surface area contributed by atoms with E-state index in [4.69, 9.17) is 25.8 Å². The molecule has 1 saturated heterocycles. The number of methoxy groups -OCH3 is 2. The van der Waals surface area contributed by atoms with Crippen molar-refractivity contribution in [1.29, 1.82) is 0 Å². The van der Waals surface area contributed by atoms with Crippen LogP contribution in [0, 0.1) is 0 Å². The molecule has 31 heavy (non-hydrogen) atoms. The number of fused-ring (bicyclic) bond motifs is 1. The molecule has 0 spiro atoms. The van der Waals surface area contributed by atoms with Crippen LogP contribution in [-0.4, -0.2) is 74.0 Å². The third-order valence-electron chi connectivity index (χ3n) is 5.12. The maximum absolute atomic E-state index is 10.3. The molecule has 166 valence electrons. The zero-order chi connectivity index (χ0) is 22.1. The van der Waals surface area contributed by atoms with Gasteiger partial charge in [-0.25, -0.2) is 4.98 Å². The lowest BCUT2D eigenvalue weighted by molar-refractivity contribution is -0.0511. The van der Waals surface area contributed by atoms with Gasteiger partial charge in [0.2, 0.25) is 5.28 Å². The van der Waals surface area contributed by atoms with E-state index in [0.29, 0.717) is 35.0 Å². The number of benzene rings is 1. The van der Waals surface area contributed by atoms with Crippen molar-refractivity contribution in [1.82, 2.24) is 19.5 Å². The molecule has 1 aromatic carbocycles. The second kappa shape index (κ2) is 8.81. The summed E-state index contributed by atoms with van der Waals surface area (Å²) in [6, 6.07) is 5.52. The number of aliphatic hydroxyl groups excluding tert-OH is 3. The van der Waals surface area contributed by atoms with E-state index in [1.54, 1.807) is 20.3 Å². The second-order valence-electron chi connectivity index (χ2n) is 6.90. The lowest BCUT2D eigenvalue weighted by Crippen LogP contribution is -2.33. The minimum absolute atomic E-state index is 0.0406. The molecule has 1 aliphatic rings. The Morgan fingerprint density at radius 1 is 1.19 bits per heavy atom. The van der Waals surface area contributed by atoms with Crippen molar-refractivity contribution in [3.63, 3.8) is 0 Å².